The Morgan fingerprint density at radius 1 is 1.05 bits per heavy atom. The van der Waals surface area contributed by atoms with Crippen LogP contribution in [-0.2, 0) is 29.1 Å². The van der Waals surface area contributed by atoms with Crippen molar-refractivity contribution in [2.24, 2.45) is 0 Å². The number of pyridine rings is 1. The standard InChI is InChI=1S/C28H27N3O4.2C2H6/c1-20-24(30-28(35-20)22-10-6-3-7-11-22)14-17-33-25-12-15-29-27-23(25)13-16-31(27)18-26(32)34-19-21-8-4-2-5-9-21;2*1-2/h2,4-6,8-13,15-16H,3,7,14,17-19H2,1H3;2*1-2H3. The zero-order chi connectivity index (χ0) is 28.0. The van der Waals surface area contributed by atoms with Gasteiger partial charge in [-0.25, -0.2) is 9.97 Å². The van der Waals surface area contributed by atoms with Crippen molar-refractivity contribution in [1.82, 2.24) is 14.5 Å². The van der Waals surface area contributed by atoms with Crippen molar-refractivity contribution in [3.05, 3.63) is 96.0 Å². The molecule has 1 aliphatic carbocycles. The molecule has 0 saturated heterocycles. The highest BCUT2D eigenvalue weighted by molar-refractivity contribution is 5.84. The predicted molar refractivity (Wildman–Crippen MR) is 155 cm³/mol. The van der Waals surface area contributed by atoms with E-state index in [1.165, 1.54) is 0 Å². The minimum atomic E-state index is -0.320. The fourth-order valence-electron chi connectivity index (χ4n) is 4.06. The van der Waals surface area contributed by atoms with Crippen LogP contribution in [0.5, 0.6) is 5.75 Å². The molecule has 0 spiro atoms. The molecule has 0 fully saturated rings. The fraction of sp³-hybridized carbons (Fsp3) is 0.344. The number of aryl methyl sites for hydroxylation is 1. The summed E-state index contributed by atoms with van der Waals surface area (Å²) in [6, 6.07) is 13.4. The Morgan fingerprint density at radius 3 is 2.59 bits per heavy atom. The summed E-state index contributed by atoms with van der Waals surface area (Å²) in [6.07, 6.45) is 12.6. The maximum Gasteiger partial charge on any atom is 0.326 e. The van der Waals surface area contributed by atoms with Gasteiger partial charge in [-0.15, -0.1) is 0 Å². The number of aromatic nitrogens is 3. The molecule has 3 heterocycles. The molecule has 3 aromatic heterocycles. The monoisotopic (exact) mass is 529 g/mol. The van der Waals surface area contributed by atoms with Gasteiger partial charge in [0.1, 0.15) is 30.3 Å². The van der Waals surface area contributed by atoms with Gasteiger partial charge in [0.2, 0.25) is 5.89 Å². The average Bonchev–Trinajstić information content (AvgIpc) is 3.58. The number of hydrogen-bond acceptors (Lipinski definition) is 6. The zero-order valence-electron chi connectivity index (χ0n) is 23.6. The molecule has 0 amide bonds. The molecule has 206 valence electrons. The van der Waals surface area contributed by atoms with Crippen LogP contribution in [-0.4, -0.2) is 27.1 Å². The van der Waals surface area contributed by atoms with E-state index in [0.29, 0.717) is 30.3 Å². The van der Waals surface area contributed by atoms with Gasteiger partial charge in [-0.05, 0) is 37.5 Å². The number of benzene rings is 1. The van der Waals surface area contributed by atoms with Gasteiger partial charge in [0, 0.05) is 24.4 Å². The second-order valence-electron chi connectivity index (χ2n) is 8.40. The zero-order valence-corrected chi connectivity index (χ0v) is 23.6. The lowest BCUT2D eigenvalue weighted by molar-refractivity contribution is -0.145. The van der Waals surface area contributed by atoms with Crippen LogP contribution in [0.1, 0.15) is 63.4 Å². The molecule has 1 aromatic carbocycles. The first-order valence-corrected chi connectivity index (χ1v) is 13.8. The van der Waals surface area contributed by atoms with E-state index < -0.39 is 0 Å². The Balaban J connectivity index is 0.00000100. The van der Waals surface area contributed by atoms with E-state index in [0.717, 1.165) is 40.8 Å². The van der Waals surface area contributed by atoms with Gasteiger partial charge < -0.3 is 18.5 Å². The Hall–Kier alpha value is -4.13. The smallest absolute Gasteiger partial charge is 0.326 e. The third-order valence-electron chi connectivity index (χ3n) is 5.90. The number of esters is 1. The molecule has 0 bridgehead atoms. The summed E-state index contributed by atoms with van der Waals surface area (Å²) in [7, 11) is 0. The summed E-state index contributed by atoms with van der Waals surface area (Å²) in [5, 5.41) is 0.846. The van der Waals surface area contributed by atoms with Gasteiger partial charge >= 0.3 is 5.97 Å². The van der Waals surface area contributed by atoms with Crippen LogP contribution in [0.2, 0.25) is 0 Å². The van der Waals surface area contributed by atoms with Crippen LogP contribution < -0.4 is 4.74 Å². The number of fused-ring (bicyclic) bond motifs is 1. The SMILES string of the molecule is CC.CC.Cc1oc(C2=CCCC=C2)nc1CCOc1ccnc2c1ccn2CC(=O)OCc1ccccc1. The van der Waals surface area contributed by atoms with Crippen LogP contribution in [0.3, 0.4) is 0 Å². The van der Waals surface area contributed by atoms with E-state index in [1.54, 1.807) is 10.8 Å². The molecule has 0 saturated carbocycles. The van der Waals surface area contributed by atoms with Gasteiger partial charge in [0.05, 0.1) is 17.7 Å². The first kappa shape index (κ1) is 29.4. The predicted octanol–water partition coefficient (Wildman–Crippen LogP) is 7.48. The summed E-state index contributed by atoms with van der Waals surface area (Å²) in [5.41, 5.74) is 3.55. The summed E-state index contributed by atoms with van der Waals surface area (Å²) in [4.78, 5) is 21.5. The van der Waals surface area contributed by atoms with Crippen molar-refractivity contribution in [2.45, 2.75) is 67.0 Å². The van der Waals surface area contributed by atoms with Crippen molar-refractivity contribution in [1.29, 1.82) is 0 Å². The lowest BCUT2D eigenvalue weighted by Crippen LogP contribution is -2.13. The Morgan fingerprint density at radius 2 is 1.85 bits per heavy atom. The summed E-state index contributed by atoms with van der Waals surface area (Å²) < 4.78 is 19.1. The normalized spacial score (nSPS) is 12.1. The third kappa shape index (κ3) is 7.93. The molecule has 0 N–H and O–H groups in total. The number of rotatable bonds is 9. The van der Waals surface area contributed by atoms with Gasteiger partial charge in [-0.3, -0.25) is 4.79 Å². The molecule has 7 heteroatoms. The minimum Gasteiger partial charge on any atom is -0.492 e. The Kier molecular flexibility index (Phi) is 11.6. The van der Waals surface area contributed by atoms with E-state index in [-0.39, 0.29) is 19.1 Å². The number of nitrogens with zero attached hydrogens (tertiary/aromatic N) is 3. The van der Waals surface area contributed by atoms with Crippen molar-refractivity contribution in [2.75, 3.05) is 6.61 Å². The molecule has 0 aliphatic heterocycles. The number of carbonyl (C=O) groups is 1. The first-order valence-electron chi connectivity index (χ1n) is 13.8. The highest BCUT2D eigenvalue weighted by Crippen LogP contribution is 2.26. The molecule has 5 rings (SSSR count). The largest absolute Gasteiger partial charge is 0.492 e. The molecule has 1 aliphatic rings. The highest BCUT2D eigenvalue weighted by atomic mass is 16.5. The number of hydrogen-bond donors (Lipinski definition) is 0. The molecule has 0 atom stereocenters. The lowest BCUT2D eigenvalue weighted by atomic mass is 10.1. The first-order chi connectivity index (χ1) is 19.2. The quantitative estimate of drug-likeness (QED) is 0.209. The van der Waals surface area contributed by atoms with Gasteiger partial charge in [0.15, 0.2) is 0 Å². The molecular weight excluding hydrogens is 490 g/mol. The van der Waals surface area contributed by atoms with Crippen molar-refractivity contribution in [3.63, 3.8) is 0 Å². The van der Waals surface area contributed by atoms with Crippen LogP contribution >= 0.6 is 0 Å². The lowest BCUT2D eigenvalue weighted by Gasteiger charge is -2.09. The van der Waals surface area contributed by atoms with Crippen LogP contribution in [0.4, 0.5) is 0 Å². The van der Waals surface area contributed by atoms with E-state index in [9.17, 15) is 4.79 Å². The molecule has 7 nitrogen and oxygen atoms in total. The molecule has 0 unspecified atom stereocenters. The molecule has 4 aromatic rings. The van der Waals surface area contributed by atoms with Crippen LogP contribution in [0.15, 0.2) is 77.5 Å². The molecule has 0 radical (unpaired) electrons. The number of ether oxygens (including phenoxy) is 2. The highest BCUT2D eigenvalue weighted by Gasteiger charge is 2.15. The maximum absolute atomic E-state index is 12.4. The molecular formula is C32H39N3O4. The molecule has 39 heavy (non-hydrogen) atoms. The number of carbonyl (C=O) groups excluding carboxylic acids is 1. The average molecular weight is 530 g/mol. The summed E-state index contributed by atoms with van der Waals surface area (Å²) in [6.45, 7) is 10.7. The third-order valence-corrected chi connectivity index (χ3v) is 5.90. The Bertz CT molecular complexity index is 1380. The fourth-order valence-corrected chi connectivity index (χ4v) is 4.06. The second kappa shape index (κ2) is 15.3. The van der Waals surface area contributed by atoms with Crippen molar-refractivity contribution in [3.8, 4) is 5.75 Å². The minimum absolute atomic E-state index is 0.0813. The summed E-state index contributed by atoms with van der Waals surface area (Å²) in [5.74, 6) is 1.87. The summed E-state index contributed by atoms with van der Waals surface area (Å²) >= 11 is 0. The van der Waals surface area contributed by atoms with E-state index in [2.05, 4.69) is 28.2 Å². The van der Waals surface area contributed by atoms with Gasteiger partial charge in [-0.2, -0.15) is 0 Å². The van der Waals surface area contributed by atoms with Crippen LogP contribution in [0, 0.1) is 6.92 Å². The van der Waals surface area contributed by atoms with E-state index in [1.807, 2.05) is 83.3 Å². The Labute approximate surface area is 231 Å². The van der Waals surface area contributed by atoms with Crippen LogP contribution in [0.25, 0.3) is 16.6 Å². The van der Waals surface area contributed by atoms with Crippen molar-refractivity contribution >= 4 is 22.6 Å². The van der Waals surface area contributed by atoms with Crippen molar-refractivity contribution < 1.29 is 18.7 Å². The second-order valence-corrected chi connectivity index (χ2v) is 8.40. The van der Waals surface area contributed by atoms with E-state index >= 15 is 0 Å². The number of allylic oxidation sites excluding steroid dienone is 4. The van der Waals surface area contributed by atoms with Gasteiger partial charge in [-0.1, -0.05) is 76.3 Å². The maximum atomic E-state index is 12.4. The van der Waals surface area contributed by atoms with Gasteiger partial charge in [0.25, 0.3) is 0 Å². The topological polar surface area (TPSA) is 79.4 Å². The van der Waals surface area contributed by atoms with E-state index in [4.69, 9.17) is 13.9 Å². The number of oxazole rings is 1.